The summed E-state index contributed by atoms with van der Waals surface area (Å²) in [6.45, 7) is 6.55. The molecular weight excluding hydrogens is 342 g/mol. The van der Waals surface area contributed by atoms with E-state index in [1.807, 2.05) is 25.3 Å². The van der Waals surface area contributed by atoms with E-state index in [2.05, 4.69) is 5.32 Å². The number of aryl methyl sites for hydroxylation is 2. The van der Waals surface area contributed by atoms with Crippen LogP contribution in [0, 0.1) is 13.8 Å². The summed E-state index contributed by atoms with van der Waals surface area (Å²) in [6.07, 6.45) is 4.34. The smallest absolute Gasteiger partial charge is 0.263 e. The number of aromatic nitrogens is 2. The Morgan fingerprint density at radius 2 is 2.08 bits per heavy atom. The van der Waals surface area contributed by atoms with Gasteiger partial charge in [0.1, 0.15) is 4.83 Å². The second-order valence-electron chi connectivity index (χ2n) is 6.21. The van der Waals surface area contributed by atoms with Crippen LogP contribution in [0.4, 0.5) is 0 Å². The normalized spacial score (nSPS) is 15.3. The zero-order valence-electron chi connectivity index (χ0n) is 14.3. The van der Waals surface area contributed by atoms with E-state index in [0.717, 1.165) is 46.3 Å². The van der Waals surface area contributed by atoms with Crippen molar-refractivity contribution in [3.05, 3.63) is 20.8 Å². The van der Waals surface area contributed by atoms with Gasteiger partial charge in [0, 0.05) is 17.5 Å². The van der Waals surface area contributed by atoms with E-state index in [0.29, 0.717) is 17.5 Å². The number of rotatable bonds is 5. The molecule has 24 heavy (non-hydrogen) atoms. The van der Waals surface area contributed by atoms with Crippen molar-refractivity contribution >= 4 is 39.2 Å². The molecule has 0 atom stereocenters. The summed E-state index contributed by atoms with van der Waals surface area (Å²) in [5, 5.41) is 4.24. The molecule has 0 spiro atoms. The SMILES string of the molecule is CCNC(=O)CSc1nc2sc(C)c(C)c2c(=O)n1C1CCCC1. The molecule has 3 rings (SSSR count). The number of hydrogen-bond donors (Lipinski definition) is 1. The summed E-state index contributed by atoms with van der Waals surface area (Å²) >= 11 is 2.94. The Balaban J connectivity index is 2.06. The molecule has 2 heterocycles. The van der Waals surface area contributed by atoms with Crippen LogP contribution in [0.5, 0.6) is 0 Å². The van der Waals surface area contributed by atoms with Gasteiger partial charge in [-0.15, -0.1) is 11.3 Å². The summed E-state index contributed by atoms with van der Waals surface area (Å²) in [7, 11) is 0. The molecule has 0 saturated heterocycles. The number of nitrogens with one attached hydrogen (secondary N) is 1. The fourth-order valence-corrected chi connectivity index (χ4v) is 5.22. The van der Waals surface area contributed by atoms with Crippen LogP contribution >= 0.6 is 23.1 Å². The zero-order valence-corrected chi connectivity index (χ0v) is 16.0. The lowest BCUT2D eigenvalue weighted by Gasteiger charge is -2.17. The minimum Gasteiger partial charge on any atom is -0.356 e. The molecule has 130 valence electrons. The molecule has 0 aromatic carbocycles. The third-order valence-corrected chi connectivity index (χ3v) is 6.65. The van der Waals surface area contributed by atoms with Gasteiger partial charge in [0.05, 0.1) is 11.1 Å². The third-order valence-electron chi connectivity index (χ3n) is 4.60. The number of amides is 1. The molecule has 0 radical (unpaired) electrons. The molecule has 2 aromatic rings. The van der Waals surface area contributed by atoms with Gasteiger partial charge in [-0.25, -0.2) is 4.98 Å². The molecule has 1 aliphatic rings. The van der Waals surface area contributed by atoms with E-state index < -0.39 is 0 Å². The third kappa shape index (κ3) is 3.24. The Bertz CT molecular complexity index is 819. The van der Waals surface area contributed by atoms with Crippen LogP contribution in [0.2, 0.25) is 0 Å². The van der Waals surface area contributed by atoms with Crippen molar-refractivity contribution in [1.29, 1.82) is 0 Å². The number of nitrogens with zero attached hydrogens (tertiary/aromatic N) is 2. The van der Waals surface area contributed by atoms with Gasteiger partial charge in [0.2, 0.25) is 5.91 Å². The average Bonchev–Trinajstić information content (AvgIpc) is 3.15. The number of thioether (sulfide) groups is 1. The minimum atomic E-state index is -0.0200. The van der Waals surface area contributed by atoms with E-state index in [4.69, 9.17) is 4.98 Å². The van der Waals surface area contributed by atoms with E-state index in [1.165, 1.54) is 11.8 Å². The van der Waals surface area contributed by atoms with Crippen LogP contribution < -0.4 is 10.9 Å². The predicted octanol–water partition coefficient (Wildman–Crippen LogP) is 3.42. The molecule has 1 aliphatic carbocycles. The number of thiophene rings is 1. The highest BCUT2D eigenvalue weighted by Crippen LogP contribution is 2.34. The molecule has 0 unspecified atom stereocenters. The van der Waals surface area contributed by atoms with Crippen molar-refractivity contribution in [2.24, 2.45) is 0 Å². The second kappa shape index (κ2) is 7.27. The van der Waals surface area contributed by atoms with Crippen LogP contribution in [0.15, 0.2) is 9.95 Å². The van der Waals surface area contributed by atoms with Crippen molar-refractivity contribution in [2.75, 3.05) is 12.3 Å². The van der Waals surface area contributed by atoms with E-state index in [-0.39, 0.29) is 17.5 Å². The zero-order chi connectivity index (χ0) is 17.3. The summed E-state index contributed by atoms with van der Waals surface area (Å²) in [6, 6.07) is 0.214. The summed E-state index contributed by atoms with van der Waals surface area (Å²) < 4.78 is 1.86. The van der Waals surface area contributed by atoms with Gasteiger partial charge in [0.15, 0.2) is 5.16 Å². The van der Waals surface area contributed by atoms with Crippen molar-refractivity contribution in [2.45, 2.75) is 57.7 Å². The second-order valence-corrected chi connectivity index (χ2v) is 8.36. The Kier molecular flexibility index (Phi) is 5.30. The monoisotopic (exact) mass is 365 g/mol. The van der Waals surface area contributed by atoms with Crippen LogP contribution in [-0.2, 0) is 4.79 Å². The Morgan fingerprint density at radius 3 is 2.75 bits per heavy atom. The Labute approximate surface area is 149 Å². The number of carbonyl (C=O) groups excluding carboxylic acids is 1. The molecule has 7 heteroatoms. The standard InChI is InChI=1S/C17H23N3O2S2/c1-4-18-13(21)9-23-17-19-15-14(10(2)11(3)24-15)16(22)20(17)12-7-5-6-8-12/h12H,4-9H2,1-3H3,(H,18,21). The van der Waals surface area contributed by atoms with Crippen molar-refractivity contribution in [3.8, 4) is 0 Å². The lowest BCUT2D eigenvalue weighted by Crippen LogP contribution is -2.28. The molecule has 5 nitrogen and oxygen atoms in total. The van der Waals surface area contributed by atoms with Crippen molar-refractivity contribution < 1.29 is 4.79 Å². The highest BCUT2D eigenvalue weighted by Gasteiger charge is 2.25. The Hall–Kier alpha value is -1.34. The van der Waals surface area contributed by atoms with Crippen molar-refractivity contribution in [1.82, 2.24) is 14.9 Å². The van der Waals surface area contributed by atoms with E-state index >= 15 is 0 Å². The van der Waals surface area contributed by atoms with Crippen LogP contribution in [-0.4, -0.2) is 27.8 Å². The van der Waals surface area contributed by atoms with Crippen LogP contribution in [0.1, 0.15) is 49.1 Å². The molecule has 1 saturated carbocycles. The van der Waals surface area contributed by atoms with Gasteiger partial charge in [-0.1, -0.05) is 24.6 Å². The maximum Gasteiger partial charge on any atom is 0.263 e. The first kappa shape index (κ1) is 17.5. The highest BCUT2D eigenvalue weighted by molar-refractivity contribution is 7.99. The van der Waals surface area contributed by atoms with Gasteiger partial charge < -0.3 is 5.32 Å². The Morgan fingerprint density at radius 1 is 1.38 bits per heavy atom. The van der Waals surface area contributed by atoms with E-state index in [9.17, 15) is 9.59 Å². The molecule has 2 aromatic heterocycles. The first-order valence-corrected chi connectivity index (χ1v) is 10.2. The fourth-order valence-electron chi connectivity index (χ4n) is 3.25. The topological polar surface area (TPSA) is 64.0 Å². The fraction of sp³-hybridized carbons (Fsp3) is 0.588. The molecule has 1 fully saturated rings. The van der Waals surface area contributed by atoms with Gasteiger partial charge in [0.25, 0.3) is 5.56 Å². The summed E-state index contributed by atoms with van der Waals surface area (Å²) in [4.78, 5) is 31.7. The molecule has 1 N–H and O–H groups in total. The maximum atomic E-state index is 13.2. The first-order valence-electron chi connectivity index (χ1n) is 8.44. The van der Waals surface area contributed by atoms with Crippen molar-refractivity contribution in [3.63, 3.8) is 0 Å². The van der Waals surface area contributed by atoms with Crippen LogP contribution in [0.25, 0.3) is 10.2 Å². The van der Waals surface area contributed by atoms with Gasteiger partial charge >= 0.3 is 0 Å². The summed E-state index contributed by atoms with van der Waals surface area (Å²) in [5.74, 6) is 0.273. The van der Waals surface area contributed by atoms with Gasteiger partial charge in [-0.05, 0) is 39.2 Å². The van der Waals surface area contributed by atoms with Gasteiger partial charge in [-0.2, -0.15) is 0 Å². The predicted molar refractivity (Wildman–Crippen MR) is 100 cm³/mol. The minimum absolute atomic E-state index is 0.0200. The summed E-state index contributed by atoms with van der Waals surface area (Å²) in [5.41, 5.74) is 1.10. The number of fused-ring (bicyclic) bond motifs is 1. The largest absolute Gasteiger partial charge is 0.356 e. The lowest BCUT2D eigenvalue weighted by atomic mass is 10.2. The van der Waals surface area contributed by atoms with Crippen LogP contribution in [0.3, 0.4) is 0 Å². The number of hydrogen-bond acceptors (Lipinski definition) is 5. The highest BCUT2D eigenvalue weighted by atomic mass is 32.2. The molecule has 1 amide bonds. The molecule has 0 aliphatic heterocycles. The first-order chi connectivity index (χ1) is 11.5. The quantitative estimate of drug-likeness (QED) is 0.651. The molecule has 0 bridgehead atoms. The molecular formula is C17H23N3O2S2. The van der Waals surface area contributed by atoms with E-state index in [1.54, 1.807) is 11.3 Å². The maximum absolute atomic E-state index is 13.2. The average molecular weight is 366 g/mol. The van der Waals surface area contributed by atoms with Gasteiger partial charge in [-0.3, -0.25) is 14.2 Å². The number of carbonyl (C=O) groups is 1. The lowest BCUT2D eigenvalue weighted by molar-refractivity contribution is -0.118.